The summed E-state index contributed by atoms with van der Waals surface area (Å²) in [6.07, 6.45) is 7.32. The van der Waals surface area contributed by atoms with Crippen LogP contribution in [-0.4, -0.2) is 51.4 Å². The van der Waals surface area contributed by atoms with Crippen LogP contribution >= 0.6 is 11.3 Å². The van der Waals surface area contributed by atoms with Crippen LogP contribution in [0.3, 0.4) is 0 Å². The topological polar surface area (TPSA) is 58.4 Å². The standard InChI is InChI=1S/C25H30N4O2S/c30-22(28-13-6-12-27(15-16-28)17-19-7-2-1-3-8-19)11-14-29-18-26-24-23(25(29)31)20-9-4-5-10-21(20)32-24/h1-3,7-8,18H,4-6,9-17H2. The van der Waals surface area contributed by atoms with Crippen LogP contribution in [0.1, 0.15) is 41.7 Å². The van der Waals surface area contributed by atoms with Crippen molar-refractivity contribution in [2.24, 2.45) is 0 Å². The van der Waals surface area contributed by atoms with Gasteiger partial charge >= 0.3 is 0 Å². The average Bonchev–Trinajstić information content (AvgIpc) is 3.04. The van der Waals surface area contributed by atoms with E-state index in [2.05, 4.69) is 34.1 Å². The Morgan fingerprint density at radius 3 is 2.72 bits per heavy atom. The maximum absolute atomic E-state index is 13.1. The van der Waals surface area contributed by atoms with Gasteiger partial charge in [0.15, 0.2) is 0 Å². The summed E-state index contributed by atoms with van der Waals surface area (Å²) in [5, 5.41) is 0.797. The summed E-state index contributed by atoms with van der Waals surface area (Å²) in [5.41, 5.74) is 2.54. The van der Waals surface area contributed by atoms with Crippen molar-refractivity contribution in [3.8, 4) is 0 Å². The Hall–Kier alpha value is -2.51. The molecule has 0 saturated carbocycles. The molecule has 1 saturated heterocycles. The summed E-state index contributed by atoms with van der Waals surface area (Å²) in [5.74, 6) is 0.130. The number of carbonyl (C=O) groups is 1. The lowest BCUT2D eigenvalue weighted by Gasteiger charge is -2.22. The highest BCUT2D eigenvalue weighted by Crippen LogP contribution is 2.33. The molecule has 2 aromatic heterocycles. The zero-order valence-electron chi connectivity index (χ0n) is 18.5. The van der Waals surface area contributed by atoms with E-state index in [1.54, 1.807) is 22.2 Å². The molecule has 6 nitrogen and oxygen atoms in total. The van der Waals surface area contributed by atoms with Crippen molar-refractivity contribution in [2.45, 2.75) is 51.6 Å². The molecule has 7 heteroatoms. The lowest BCUT2D eigenvalue weighted by atomic mass is 9.97. The van der Waals surface area contributed by atoms with Gasteiger partial charge in [-0.05, 0) is 43.2 Å². The third-order valence-electron chi connectivity index (χ3n) is 6.70. The highest BCUT2D eigenvalue weighted by molar-refractivity contribution is 7.18. The molecular weight excluding hydrogens is 420 g/mol. The number of rotatable bonds is 5. The van der Waals surface area contributed by atoms with Crippen LogP contribution in [0, 0.1) is 0 Å². The van der Waals surface area contributed by atoms with Crippen molar-refractivity contribution in [2.75, 3.05) is 26.2 Å². The molecule has 1 amide bonds. The Morgan fingerprint density at radius 1 is 1.00 bits per heavy atom. The number of thiophene rings is 1. The Bertz CT molecular complexity index is 1150. The second kappa shape index (κ2) is 9.55. The van der Waals surface area contributed by atoms with Crippen molar-refractivity contribution < 1.29 is 4.79 Å². The number of amides is 1. The van der Waals surface area contributed by atoms with Crippen molar-refractivity contribution in [1.29, 1.82) is 0 Å². The van der Waals surface area contributed by atoms with E-state index in [1.807, 2.05) is 11.0 Å². The summed E-state index contributed by atoms with van der Waals surface area (Å²) in [4.78, 5) is 37.2. The molecule has 32 heavy (non-hydrogen) atoms. The number of hydrogen-bond donors (Lipinski definition) is 0. The SMILES string of the molecule is O=C(CCn1cnc2sc3c(c2c1=O)CCCC3)N1CCCN(Cc2ccccc2)CC1. The monoisotopic (exact) mass is 450 g/mol. The molecule has 0 spiro atoms. The smallest absolute Gasteiger partial charge is 0.262 e. The molecule has 0 radical (unpaired) electrons. The number of carbonyl (C=O) groups excluding carboxylic acids is 1. The van der Waals surface area contributed by atoms with Crippen molar-refractivity contribution in [3.63, 3.8) is 0 Å². The van der Waals surface area contributed by atoms with Gasteiger partial charge in [-0.15, -0.1) is 11.3 Å². The van der Waals surface area contributed by atoms with E-state index in [9.17, 15) is 9.59 Å². The molecule has 2 aliphatic rings. The van der Waals surface area contributed by atoms with E-state index in [1.165, 1.54) is 22.4 Å². The van der Waals surface area contributed by atoms with Gasteiger partial charge in [0.2, 0.25) is 5.91 Å². The summed E-state index contributed by atoms with van der Waals surface area (Å²) in [6, 6.07) is 10.5. The molecule has 1 fully saturated rings. The number of benzene rings is 1. The molecule has 3 aromatic rings. The van der Waals surface area contributed by atoms with E-state index in [-0.39, 0.29) is 11.5 Å². The summed E-state index contributed by atoms with van der Waals surface area (Å²) >= 11 is 1.67. The first-order valence-electron chi connectivity index (χ1n) is 11.7. The first-order valence-corrected chi connectivity index (χ1v) is 12.5. The van der Waals surface area contributed by atoms with E-state index < -0.39 is 0 Å². The highest BCUT2D eigenvalue weighted by atomic mass is 32.1. The number of aryl methyl sites for hydroxylation is 3. The molecule has 1 aliphatic carbocycles. The van der Waals surface area contributed by atoms with Crippen LogP contribution in [0.4, 0.5) is 0 Å². The van der Waals surface area contributed by atoms with Crippen molar-refractivity contribution in [3.05, 3.63) is 63.0 Å². The summed E-state index contributed by atoms with van der Waals surface area (Å²) in [7, 11) is 0. The number of hydrogen-bond acceptors (Lipinski definition) is 5. The Kier molecular flexibility index (Phi) is 6.37. The van der Waals surface area contributed by atoms with Gasteiger partial charge in [0.25, 0.3) is 5.56 Å². The van der Waals surface area contributed by atoms with Crippen LogP contribution in [0.2, 0.25) is 0 Å². The van der Waals surface area contributed by atoms with Crippen LogP contribution in [0.5, 0.6) is 0 Å². The van der Waals surface area contributed by atoms with Crippen molar-refractivity contribution >= 4 is 27.5 Å². The molecule has 168 valence electrons. The lowest BCUT2D eigenvalue weighted by molar-refractivity contribution is -0.131. The van der Waals surface area contributed by atoms with Gasteiger partial charge in [-0.3, -0.25) is 19.1 Å². The second-order valence-corrected chi connectivity index (χ2v) is 9.96. The molecule has 0 unspecified atom stereocenters. The summed E-state index contributed by atoms with van der Waals surface area (Å²) < 4.78 is 1.64. The predicted octanol–water partition coefficient (Wildman–Crippen LogP) is 3.46. The van der Waals surface area contributed by atoms with Crippen molar-refractivity contribution in [1.82, 2.24) is 19.4 Å². The van der Waals surface area contributed by atoms with Gasteiger partial charge in [0.05, 0.1) is 11.7 Å². The maximum atomic E-state index is 13.1. The molecular formula is C25H30N4O2S. The van der Waals surface area contributed by atoms with Crippen LogP contribution in [0.15, 0.2) is 41.5 Å². The molecule has 3 heterocycles. The predicted molar refractivity (Wildman–Crippen MR) is 128 cm³/mol. The first kappa shape index (κ1) is 21.3. The minimum absolute atomic E-state index is 0.0205. The van der Waals surface area contributed by atoms with E-state index in [0.29, 0.717) is 13.0 Å². The van der Waals surface area contributed by atoms with Gasteiger partial charge in [0, 0.05) is 50.6 Å². The minimum Gasteiger partial charge on any atom is -0.341 e. The van der Waals surface area contributed by atoms with Crippen LogP contribution in [0.25, 0.3) is 10.2 Å². The number of fused-ring (bicyclic) bond motifs is 3. The zero-order valence-corrected chi connectivity index (χ0v) is 19.3. The lowest BCUT2D eigenvalue weighted by Crippen LogP contribution is -2.36. The van der Waals surface area contributed by atoms with Gasteiger partial charge < -0.3 is 4.90 Å². The molecule has 0 N–H and O–H groups in total. The normalized spacial score (nSPS) is 17.3. The average molecular weight is 451 g/mol. The van der Waals surface area contributed by atoms with Gasteiger partial charge in [-0.25, -0.2) is 4.98 Å². The summed E-state index contributed by atoms with van der Waals surface area (Å²) in [6.45, 7) is 4.74. The third-order valence-corrected chi connectivity index (χ3v) is 7.90. The zero-order chi connectivity index (χ0) is 21.9. The molecule has 1 aromatic carbocycles. The molecule has 1 aliphatic heterocycles. The fourth-order valence-electron chi connectivity index (χ4n) is 4.93. The van der Waals surface area contributed by atoms with Gasteiger partial charge in [-0.2, -0.15) is 0 Å². The fraction of sp³-hybridized carbons (Fsp3) is 0.480. The van der Waals surface area contributed by atoms with Crippen LogP contribution in [-0.2, 0) is 30.7 Å². The maximum Gasteiger partial charge on any atom is 0.262 e. The first-order chi connectivity index (χ1) is 15.7. The van der Waals surface area contributed by atoms with E-state index in [0.717, 1.165) is 68.6 Å². The Balaban J connectivity index is 1.21. The van der Waals surface area contributed by atoms with Gasteiger partial charge in [0.1, 0.15) is 4.83 Å². The third kappa shape index (κ3) is 4.50. The van der Waals surface area contributed by atoms with E-state index >= 15 is 0 Å². The quantitative estimate of drug-likeness (QED) is 0.597. The minimum atomic E-state index is 0.0205. The molecule has 0 bridgehead atoms. The van der Waals surface area contributed by atoms with Crippen LogP contribution < -0.4 is 5.56 Å². The second-order valence-electron chi connectivity index (χ2n) is 8.88. The number of aromatic nitrogens is 2. The van der Waals surface area contributed by atoms with E-state index in [4.69, 9.17) is 0 Å². The Morgan fingerprint density at radius 2 is 1.84 bits per heavy atom. The molecule has 0 atom stereocenters. The number of nitrogens with zero attached hydrogens (tertiary/aromatic N) is 4. The Labute approximate surface area is 192 Å². The van der Waals surface area contributed by atoms with Gasteiger partial charge in [-0.1, -0.05) is 30.3 Å². The largest absolute Gasteiger partial charge is 0.341 e. The molecule has 5 rings (SSSR count). The highest BCUT2D eigenvalue weighted by Gasteiger charge is 2.22. The fourth-order valence-corrected chi connectivity index (χ4v) is 6.15.